The van der Waals surface area contributed by atoms with Gasteiger partial charge >= 0.3 is 59.6 Å². The Bertz CT molecular complexity index is 4820. The van der Waals surface area contributed by atoms with Gasteiger partial charge in [0.05, 0.1) is 49.9 Å². The lowest BCUT2D eigenvalue weighted by Gasteiger charge is -2.60. The molecular formula is C110H119F6O15S3+3. The molecule has 14 aliphatic carbocycles. The summed E-state index contributed by atoms with van der Waals surface area (Å²) in [5.41, 5.74) is -1.60. The summed E-state index contributed by atoms with van der Waals surface area (Å²) in [6.45, 7) is 4.67. The van der Waals surface area contributed by atoms with E-state index in [9.17, 15) is 59.9 Å². The number of carbonyl (C=O) groups is 7. The van der Waals surface area contributed by atoms with Gasteiger partial charge in [0.1, 0.15) is 29.5 Å². The first-order chi connectivity index (χ1) is 64.4. The minimum atomic E-state index is -3.65. The molecule has 1 heterocycles. The summed E-state index contributed by atoms with van der Waals surface area (Å²) in [4.78, 5) is 97.2. The normalized spacial score (nSPS) is 29.5. The van der Waals surface area contributed by atoms with E-state index in [1.165, 1.54) is 64.0 Å². The highest BCUT2D eigenvalue weighted by Crippen LogP contribution is 2.65. The van der Waals surface area contributed by atoms with Gasteiger partial charge in [-0.25, -0.2) is 19.2 Å². The van der Waals surface area contributed by atoms with Crippen molar-refractivity contribution in [2.75, 3.05) is 20.5 Å². The van der Waals surface area contributed by atoms with E-state index in [1.807, 2.05) is 6.92 Å². The van der Waals surface area contributed by atoms with E-state index in [2.05, 4.69) is 285 Å². The maximum Gasteiger partial charge on any atom is 0.377 e. The minimum Gasteiger partial charge on any atom is -0.458 e. The molecule has 706 valence electrons. The zero-order valence-corrected chi connectivity index (χ0v) is 78.9. The van der Waals surface area contributed by atoms with Gasteiger partial charge in [-0.1, -0.05) is 171 Å². The molecule has 8 unspecified atom stereocenters. The Hall–Kier alpha value is -10.1. The third kappa shape index (κ3) is 21.6. The zero-order chi connectivity index (χ0) is 94.3. The molecule has 1 saturated heterocycles. The van der Waals surface area contributed by atoms with Crippen molar-refractivity contribution in [2.24, 2.45) is 94.2 Å². The molecule has 15 fully saturated rings. The predicted octanol–water partition coefficient (Wildman–Crippen LogP) is 23.3. The zero-order valence-electron chi connectivity index (χ0n) is 76.4. The number of benzene rings is 9. The number of ether oxygens (including phenoxy) is 8. The number of halogens is 6. The number of hydrogen-bond donors (Lipinski definition) is 0. The van der Waals surface area contributed by atoms with Gasteiger partial charge in [0.2, 0.25) is 0 Å². The quantitative estimate of drug-likeness (QED) is 0.0193. The topological polar surface area (TPSA) is 193 Å². The highest BCUT2D eigenvalue weighted by molar-refractivity contribution is 7.97. The molecule has 0 N–H and O–H groups in total. The number of methoxy groups -OCH3 is 1. The molecule has 134 heavy (non-hydrogen) atoms. The van der Waals surface area contributed by atoms with Crippen molar-refractivity contribution in [3.63, 3.8) is 0 Å². The largest absolute Gasteiger partial charge is 0.458 e. The molecular weight excluding hydrogens is 1770 g/mol. The third-order valence-corrected chi connectivity index (χ3v) is 36.6. The van der Waals surface area contributed by atoms with Crippen LogP contribution < -0.4 is 0 Å². The van der Waals surface area contributed by atoms with Crippen molar-refractivity contribution in [3.05, 3.63) is 273 Å². The summed E-state index contributed by atoms with van der Waals surface area (Å²) in [5, 5.41) is 0. The van der Waals surface area contributed by atoms with Crippen molar-refractivity contribution in [1.29, 1.82) is 0 Å². The molecule has 0 spiro atoms. The number of rotatable bonds is 23. The summed E-state index contributed by atoms with van der Waals surface area (Å²) in [6.07, 6.45) is 13.6. The summed E-state index contributed by atoms with van der Waals surface area (Å²) < 4.78 is 121. The van der Waals surface area contributed by atoms with E-state index in [1.54, 1.807) is 0 Å². The fourth-order valence-electron chi connectivity index (χ4n) is 24.7. The molecule has 0 aromatic heterocycles. The molecule has 14 bridgehead atoms. The van der Waals surface area contributed by atoms with Crippen LogP contribution in [0.3, 0.4) is 0 Å². The van der Waals surface area contributed by atoms with E-state index in [-0.39, 0.29) is 63.2 Å². The molecule has 14 saturated carbocycles. The number of esters is 7. The molecule has 15 aliphatic rings. The molecule has 9 aromatic rings. The summed E-state index contributed by atoms with van der Waals surface area (Å²) in [7, 11) is 1.41. The van der Waals surface area contributed by atoms with Gasteiger partial charge in [0, 0.05) is 39.7 Å². The molecule has 24 heteroatoms. The lowest BCUT2D eigenvalue weighted by molar-refractivity contribution is -0.218. The van der Waals surface area contributed by atoms with Crippen LogP contribution in [0.4, 0.5) is 26.3 Å². The van der Waals surface area contributed by atoms with Crippen LogP contribution in [0.2, 0.25) is 0 Å². The van der Waals surface area contributed by atoms with Crippen LogP contribution in [0.5, 0.6) is 0 Å². The Morgan fingerprint density at radius 1 is 0.388 bits per heavy atom. The second-order valence-corrected chi connectivity index (χ2v) is 44.9. The summed E-state index contributed by atoms with van der Waals surface area (Å²) in [5.74, 6) is -15.1. The third-order valence-electron chi connectivity index (χ3n) is 29.9. The van der Waals surface area contributed by atoms with Crippen LogP contribution >= 0.6 is 0 Å². The monoisotopic (exact) mass is 1890 g/mol. The Morgan fingerprint density at radius 3 is 1.02 bits per heavy atom. The van der Waals surface area contributed by atoms with E-state index >= 15 is 0 Å². The van der Waals surface area contributed by atoms with Gasteiger partial charge in [0.25, 0.3) is 0 Å². The highest BCUT2D eigenvalue weighted by Gasteiger charge is 2.72. The highest BCUT2D eigenvalue weighted by atomic mass is 32.2. The van der Waals surface area contributed by atoms with Crippen LogP contribution in [-0.2, 0) is 104 Å². The molecule has 8 atom stereocenters. The van der Waals surface area contributed by atoms with Crippen LogP contribution in [0, 0.1) is 94.2 Å². The number of fused-ring (bicyclic) bond motifs is 1. The maximum absolute atomic E-state index is 13.6. The Labute approximate surface area is 790 Å². The molecule has 0 amide bonds. The Balaban J connectivity index is 0.000000118. The molecule has 24 rings (SSSR count). The van der Waals surface area contributed by atoms with Crippen LogP contribution in [0.25, 0.3) is 0 Å². The van der Waals surface area contributed by atoms with Crippen molar-refractivity contribution in [2.45, 2.75) is 235 Å². The summed E-state index contributed by atoms with van der Waals surface area (Å²) >= 11 is 0. The molecule has 1 aliphatic heterocycles. The summed E-state index contributed by atoms with van der Waals surface area (Å²) in [6, 6.07) is 96.5. The van der Waals surface area contributed by atoms with Crippen LogP contribution in [0.1, 0.15) is 144 Å². The van der Waals surface area contributed by atoms with Gasteiger partial charge in [-0.2, -0.15) is 26.3 Å². The molecule has 9 aromatic carbocycles. The van der Waals surface area contributed by atoms with Gasteiger partial charge in [0.15, 0.2) is 57.5 Å². The maximum atomic E-state index is 13.6. The van der Waals surface area contributed by atoms with Gasteiger partial charge in [-0.15, -0.1) is 0 Å². The first kappa shape index (κ1) is 97.0. The van der Waals surface area contributed by atoms with Gasteiger partial charge < -0.3 is 37.9 Å². The fourth-order valence-corrected chi connectivity index (χ4v) is 31.0. The van der Waals surface area contributed by atoms with E-state index in [4.69, 9.17) is 33.2 Å². The van der Waals surface area contributed by atoms with Crippen molar-refractivity contribution < 1.29 is 97.8 Å². The van der Waals surface area contributed by atoms with Crippen molar-refractivity contribution in [3.8, 4) is 0 Å². The second kappa shape index (κ2) is 41.8. The van der Waals surface area contributed by atoms with Crippen LogP contribution in [-0.4, -0.2) is 110 Å². The SMILES string of the molecule is CC(F)(F)C(=O)OCC(=O)OC1(C)C2CC3CC(C2)CC1C3.CCC1(OC(=O)C2C3CC4C(OC(=O)C42)C3OC(=O)C(C)(F)F)C2CC3CC(C2)CC1C3.COCOC(=O)C12CC3CC(C1)C(OC(=O)C(C)(F)F)C(C3)C2.c1ccc([S+](c2ccccc2)c2ccccc2)cc1.c1ccc([S+](c2ccccc2)c2ccccc2)cc1.c1ccc([S+](c2ccccc2)c2ccccc2)cc1. The van der Waals surface area contributed by atoms with Crippen molar-refractivity contribution >= 4 is 74.5 Å². The number of hydrogen-bond acceptors (Lipinski definition) is 15. The van der Waals surface area contributed by atoms with E-state index in [0.717, 1.165) is 101 Å². The second-order valence-electron chi connectivity index (χ2n) is 38.8. The van der Waals surface area contributed by atoms with Crippen molar-refractivity contribution in [1.82, 2.24) is 0 Å². The molecule has 15 nitrogen and oxygen atoms in total. The minimum absolute atomic E-state index is 0.0146. The number of carbonyl (C=O) groups excluding carboxylic acids is 7. The fraction of sp³-hybridized carbons (Fsp3) is 0.445. The van der Waals surface area contributed by atoms with Gasteiger partial charge in [-0.3, -0.25) is 14.4 Å². The predicted molar refractivity (Wildman–Crippen MR) is 497 cm³/mol. The van der Waals surface area contributed by atoms with E-state index < -0.39 is 113 Å². The molecule has 0 radical (unpaired) electrons. The average molecular weight is 1890 g/mol. The lowest BCUT2D eigenvalue weighted by Crippen LogP contribution is -2.60. The standard InChI is InChI=1S/C24H30F2O6.3C18H15S.C16H22F2O5.C16H22F2O4/c1-3-24(12-5-10-4-11(7-12)8-13(24)6-10)32-21(28)17-15-9-14-16(17)20(27)30-18(14)19(15)31-22(29)23(2,25)26;3*1-4-10-16(11-5-1)19(17-12-6-2-7-13-17)18-14-8-3-9-15-18;1-15(17,18)13(19)23-12-10-3-9-4-11(12)7-16(5-9,6-10)14(20)22-8-21-2;1-15(22-13(19)8-21-14(20)16(2,17)18)11-4-9-3-10(6-11)7-12(15)5-9/h10-19H,3-9H2,1-2H3;3*1-15H;9-12H,3-8H2,1-2H3;9-12H,3-8H2,1-2H3/q;3*+1;;. The smallest absolute Gasteiger partial charge is 0.377 e. The Kier molecular flexibility index (Phi) is 30.3. The lowest BCUT2D eigenvalue weighted by atomic mass is 9.48. The first-order valence-corrected chi connectivity index (χ1v) is 50.8. The van der Waals surface area contributed by atoms with E-state index in [0.29, 0.717) is 69.6 Å². The van der Waals surface area contributed by atoms with Gasteiger partial charge in [-0.05, 0) is 290 Å². The Morgan fingerprint density at radius 2 is 0.709 bits per heavy atom. The van der Waals surface area contributed by atoms with Crippen LogP contribution in [0.15, 0.2) is 317 Å². The average Bonchev–Trinajstić information content (AvgIpc) is 1.52. The first-order valence-electron chi connectivity index (χ1n) is 47.1. The number of alkyl halides is 6.